The predicted octanol–water partition coefficient (Wildman–Crippen LogP) is 2.94. The quantitative estimate of drug-likeness (QED) is 0.793. The van der Waals surface area contributed by atoms with Crippen molar-refractivity contribution >= 4 is 23.2 Å². The van der Waals surface area contributed by atoms with Crippen LogP contribution in [0.1, 0.15) is 38.0 Å². The van der Waals surface area contributed by atoms with Crippen LogP contribution < -0.4 is 5.56 Å². The molecule has 5 nitrogen and oxygen atoms in total. The van der Waals surface area contributed by atoms with Crippen molar-refractivity contribution in [1.82, 2.24) is 19.3 Å². The summed E-state index contributed by atoms with van der Waals surface area (Å²) in [7, 11) is 0. The summed E-state index contributed by atoms with van der Waals surface area (Å²) >= 11 is 12.2. The number of hydrogen-bond acceptors (Lipinski definition) is 3. The summed E-state index contributed by atoms with van der Waals surface area (Å²) in [6.45, 7) is 6.99. The SMILES string of the molecule is CCc1nn(CC)c(Cn2c(CC)nc(Cl)cc2=O)c1Cl. The average Bonchev–Trinajstić information content (AvgIpc) is 2.77. The highest BCUT2D eigenvalue weighted by Crippen LogP contribution is 2.22. The summed E-state index contributed by atoms with van der Waals surface area (Å²) in [6, 6.07) is 1.32. The first-order valence-corrected chi connectivity index (χ1v) is 7.77. The van der Waals surface area contributed by atoms with Gasteiger partial charge in [0, 0.05) is 19.0 Å². The molecule has 0 spiro atoms. The zero-order chi connectivity index (χ0) is 15.6. The van der Waals surface area contributed by atoms with E-state index >= 15 is 0 Å². The zero-order valence-electron chi connectivity index (χ0n) is 12.4. The van der Waals surface area contributed by atoms with Crippen molar-refractivity contribution in [3.63, 3.8) is 0 Å². The molecule has 0 aliphatic carbocycles. The smallest absolute Gasteiger partial charge is 0.255 e. The summed E-state index contributed by atoms with van der Waals surface area (Å²) in [5, 5.41) is 5.32. The van der Waals surface area contributed by atoms with Crippen molar-refractivity contribution in [2.45, 2.75) is 46.7 Å². The van der Waals surface area contributed by atoms with E-state index in [0.717, 1.165) is 17.8 Å². The number of rotatable bonds is 5. The summed E-state index contributed by atoms with van der Waals surface area (Å²) in [4.78, 5) is 16.4. The van der Waals surface area contributed by atoms with Gasteiger partial charge in [0.1, 0.15) is 11.0 Å². The molecule has 0 saturated carbocycles. The topological polar surface area (TPSA) is 52.7 Å². The molecule has 2 aromatic heterocycles. The van der Waals surface area contributed by atoms with Crippen LogP contribution in [0.5, 0.6) is 0 Å². The van der Waals surface area contributed by atoms with Gasteiger partial charge in [-0.2, -0.15) is 5.10 Å². The molecule has 0 N–H and O–H groups in total. The minimum atomic E-state index is -0.176. The normalized spacial score (nSPS) is 11.1. The third-order valence-corrected chi connectivity index (χ3v) is 4.00. The standard InChI is InChI=1S/C14H18Cl2N4O/c1-4-9-14(16)10(20(6-3)18-9)8-19-12(5-2)17-11(15)7-13(19)21/h7H,4-6,8H2,1-3H3. The van der Waals surface area contributed by atoms with E-state index in [1.807, 2.05) is 25.5 Å². The van der Waals surface area contributed by atoms with Crippen molar-refractivity contribution < 1.29 is 0 Å². The van der Waals surface area contributed by atoms with Gasteiger partial charge >= 0.3 is 0 Å². The minimum Gasteiger partial charge on any atom is -0.290 e. The molecular weight excluding hydrogens is 311 g/mol. The fourth-order valence-corrected chi connectivity index (χ4v) is 2.80. The Labute approximate surface area is 133 Å². The number of halogens is 2. The molecule has 0 aromatic carbocycles. The Bertz CT molecular complexity index is 706. The van der Waals surface area contributed by atoms with Crippen LogP contribution in [-0.2, 0) is 25.9 Å². The lowest BCUT2D eigenvalue weighted by Crippen LogP contribution is -2.26. The molecule has 2 heterocycles. The summed E-state index contributed by atoms with van der Waals surface area (Å²) < 4.78 is 3.43. The Morgan fingerprint density at radius 1 is 1.19 bits per heavy atom. The van der Waals surface area contributed by atoms with Crippen LogP contribution in [0.25, 0.3) is 0 Å². The molecule has 0 radical (unpaired) electrons. The van der Waals surface area contributed by atoms with Crippen molar-refractivity contribution in [3.05, 3.63) is 43.8 Å². The molecule has 21 heavy (non-hydrogen) atoms. The van der Waals surface area contributed by atoms with Crippen molar-refractivity contribution in [2.75, 3.05) is 0 Å². The highest BCUT2D eigenvalue weighted by Gasteiger charge is 2.17. The molecule has 2 rings (SSSR count). The van der Waals surface area contributed by atoms with Gasteiger partial charge in [0.25, 0.3) is 5.56 Å². The highest BCUT2D eigenvalue weighted by atomic mass is 35.5. The summed E-state index contributed by atoms with van der Waals surface area (Å²) in [6.07, 6.45) is 1.38. The van der Waals surface area contributed by atoms with Gasteiger partial charge in [0.2, 0.25) is 0 Å². The van der Waals surface area contributed by atoms with Gasteiger partial charge in [-0.1, -0.05) is 37.0 Å². The molecule has 0 atom stereocenters. The monoisotopic (exact) mass is 328 g/mol. The minimum absolute atomic E-state index is 0.176. The first-order valence-electron chi connectivity index (χ1n) is 7.02. The fraction of sp³-hybridized carbons (Fsp3) is 0.500. The lowest BCUT2D eigenvalue weighted by molar-refractivity contribution is 0.574. The van der Waals surface area contributed by atoms with E-state index in [0.29, 0.717) is 30.4 Å². The van der Waals surface area contributed by atoms with Crippen LogP contribution in [0, 0.1) is 0 Å². The predicted molar refractivity (Wildman–Crippen MR) is 84.3 cm³/mol. The van der Waals surface area contributed by atoms with Gasteiger partial charge in [0.05, 0.1) is 23.0 Å². The van der Waals surface area contributed by atoms with Gasteiger partial charge in [-0.05, 0) is 13.3 Å². The van der Waals surface area contributed by atoms with Gasteiger partial charge in [0.15, 0.2) is 0 Å². The van der Waals surface area contributed by atoms with Crippen molar-refractivity contribution in [2.24, 2.45) is 0 Å². The lowest BCUT2D eigenvalue weighted by Gasteiger charge is -2.12. The third kappa shape index (κ3) is 3.14. The molecule has 114 valence electrons. The van der Waals surface area contributed by atoms with Crippen LogP contribution in [0.15, 0.2) is 10.9 Å². The van der Waals surface area contributed by atoms with Crippen LogP contribution >= 0.6 is 23.2 Å². The van der Waals surface area contributed by atoms with Crippen LogP contribution in [0.2, 0.25) is 10.2 Å². The van der Waals surface area contributed by atoms with Gasteiger partial charge in [-0.25, -0.2) is 4.98 Å². The van der Waals surface area contributed by atoms with E-state index in [4.69, 9.17) is 23.2 Å². The van der Waals surface area contributed by atoms with Gasteiger partial charge in [-0.15, -0.1) is 0 Å². The Balaban J connectivity index is 2.53. The highest BCUT2D eigenvalue weighted by molar-refractivity contribution is 6.31. The maximum atomic E-state index is 12.2. The van der Waals surface area contributed by atoms with E-state index in [1.54, 1.807) is 4.57 Å². The number of aryl methyl sites for hydroxylation is 3. The maximum absolute atomic E-state index is 12.2. The van der Waals surface area contributed by atoms with Crippen molar-refractivity contribution in [1.29, 1.82) is 0 Å². The largest absolute Gasteiger partial charge is 0.290 e. The van der Waals surface area contributed by atoms with E-state index in [-0.39, 0.29) is 10.7 Å². The first-order chi connectivity index (χ1) is 10.0. The molecule has 0 bridgehead atoms. The number of aromatic nitrogens is 4. The molecular formula is C14H18Cl2N4O. The summed E-state index contributed by atoms with van der Waals surface area (Å²) in [5.74, 6) is 0.644. The Morgan fingerprint density at radius 2 is 1.90 bits per heavy atom. The summed E-state index contributed by atoms with van der Waals surface area (Å²) in [5.41, 5.74) is 1.50. The Kier molecular flexibility index (Phi) is 5.06. The lowest BCUT2D eigenvalue weighted by atomic mass is 10.3. The third-order valence-electron chi connectivity index (χ3n) is 3.37. The molecule has 0 fully saturated rings. The van der Waals surface area contributed by atoms with Crippen LogP contribution in [0.4, 0.5) is 0 Å². The molecule has 0 aliphatic rings. The van der Waals surface area contributed by atoms with E-state index in [1.165, 1.54) is 6.07 Å². The Morgan fingerprint density at radius 3 is 2.48 bits per heavy atom. The first kappa shape index (κ1) is 16.0. The number of nitrogens with zero attached hydrogens (tertiary/aromatic N) is 4. The van der Waals surface area contributed by atoms with Crippen LogP contribution in [-0.4, -0.2) is 19.3 Å². The van der Waals surface area contributed by atoms with Gasteiger partial charge < -0.3 is 0 Å². The van der Waals surface area contributed by atoms with Gasteiger partial charge in [-0.3, -0.25) is 14.0 Å². The fourth-order valence-electron chi connectivity index (χ4n) is 2.28. The van der Waals surface area contributed by atoms with Crippen LogP contribution in [0.3, 0.4) is 0 Å². The molecule has 0 aliphatic heterocycles. The van der Waals surface area contributed by atoms with E-state index in [9.17, 15) is 4.79 Å². The maximum Gasteiger partial charge on any atom is 0.255 e. The molecule has 0 unspecified atom stereocenters. The molecule has 7 heteroatoms. The average molecular weight is 329 g/mol. The van der Waals surface area contributed by atoms with E-state index < -0.39 is 0 Å². The molecule has 0 amide bonds. The second-order valence-electron chi connectivity index (χ2n) is 4.65. The van der Waals surface area contributed by atoms with E-state index in [2.05, 4.69) is 10.1 Å². The number of hydrogen-bond donors (Lipinski definition) is 0. The molecule has 0 saturated heterocycles. The Hall–Kier alpha value is -1.33. The second kappa shape index (κ2) is 6.62. The van der Waals surface area contributed by atoms with Crippen molar-refractivity contribution in [3.8, 4) is 0 Å². The second-order valence-corrected chi connectivity index (χ2v) is 5.41. The molecule has 2 aromatic rings. The zero-order valence-corrected chi connectivity index (χ0v) is 13.9.